The number of nitrogens with one attached hydrogen (secondary N) is 1. The van der Waals surface area contributed by atoms with Gasteiger partial charge in [-0.25, -0.2) is 0 Å². The van der Waals surface area contributed by atoms with Crippen molar-refractivity contribution in [3.8, 4) is 0 Å². The van der Waals surface area contributed by atoms with E-state index >= 15 is 0 Å². The standard InChI is InChI=1S/C13H24N2O2/c1-13(2,9-17-3)12(16)15-7-10-4-5-11(8-15)14-6-10/h10-11,14H,4-9H2,1-3H3/t10-,11-/m0/s1. The van der Waals surface area contributed by atoms with Gasteiger partial charge in [-0.05, 0) is 39.2 Å². The predicted octanol–water partition coefficient (Wildman–Crippen LogP) is 0.869. The molecule has 2 atom stereocenters. The number of methoxy groups -OCH3 is 1. The molecule has 0 aromatic heterocycles. The van der Waals surface area contributed by atoms with E-state index in [-0.39, 0.29) is 5.91 Å². The van der Waals surface area contributed by atoms with E-state index in [1.807, 2.05) is 18.7 Å². The Morgan fingerprint density at radius 1 is 1.41 bits per heavy atom. The second-order valence-electron chi connectivity index (χ2n) is 6.08. The third-order valence-corrected chi connectivity index (χ3v) is 3.91. The molecule has 0 aliphatic carbocycles. The largest absolute Gasteiger partial charge is 0.384 e. The number of carbonyl (C=O) groups is 1. The monoisotopic (exact) mass is 240 g/mol. The van der Waals surface area contributed by atoms with Crippen molar-refractivity contribution in [1.82, 2.24) is 10.2 Å². The van der Waals surface area contributed by atoms with E-state index in [0.29, 0.717) is 18.6 Å². The molecule has 3 aliphatic heterocycles. The molecule has 3 fully saturated rings. The van der Waals surface area contributed by atoms with Crippen LogP contribution in [0.2, 0.25) is 0 Å². The van der Waals surface area contributed by atoms with Crippen LogP contribution in [0.1, 0.15) is 26.7 Å². The predicted molar refractivity (Wildman–Crippen MR) is 66.8 cm³/mol. The Balaban J connectivity index is 2.04. The smallest absolute Gasteiger partial charge is 0.230 e. The van der Waals surface area contributed by atoms with Crippen molar-refractivity contribution >= 4 is 5.91 Å². The highest BCUT2D eigenvalue weighted by atomic mass is 16.5. The highest BCUT2D eigenvalue weighted by Crippen LogP contribution is 2.26. The molecule has 4 nitrogen and oxygen atoms in total. The van der Waals surface area contributed by atoms with Crippen LogP contribution in [0.4, 0.5) is 0 Å². The van der Waals surface area contributed by atoms with E-state index in [9.17, 15) is 4.79 Å². The van der Waals surface area contributed by atoms with Crippen LogP contribution in [0.25, 0.3) is 0 Å². The van der Waals surface area contributed by atoms with Gasteiger partial charge >= 0.3 is 0 Å². The number of hydrogen-bond acceptors (Lipinski definition) is 3. The minimum Gasteiger partial charge on any atom is -0.384 e. The van der Waals surface area contributed by atoms with Crippen molar-refractivity contribution in [2.45, 2.75) is 32.7 Å². The van der Waals surface area contributed by atoms with Crippen molar-refractivity contribution in [2.75, 3.05) is 33.4 Å². The van der Waals surface area contributed by atoms with E-state index in [0.717, 1.165) is 19.6 Å². The zero-order valence-corrected chi connectivity index (χ0v) is 11.2. The maximum absolute atomic E-state index is 12.5. The molecule has 0 radical (unpaired) electrons. The fraction of sp³-hybridized carbons (Fsp3) is 0.923. The second-order valence-corrected chi connectivity index (χ2v) is 6.08. The zero-order valence-electron chi connectivity index (χ0n) is 11.2. The van der Waals surface area contributed by atoms with Gasteiger partial charge in [0.1, 0.15) is 0 Å². The molecule has 3 heterocycles. The van der Waals surface area contributed by atoms with Gasteiger partial charge < -0.3 is 15.0 Å². The lowest BCUT2D eigenvalue weighted by molar-refractivity contribution is -0.143. The first kappa shape index (κ1) is 12.8. The maximum Gasteiger partial charge on any atom is 0.230 e. The summed E-state index contributed by atoms with van der Waals surface area (Å²) in [6.45, 7) is 7.28. The average molecular weight is 240 g/mol. The van der Waals surface area contributed by atoms with Crippen LogP contribution in [0.3, 0.4) is 0 Å². The molecule has 3 aliphatic rings. The molecule has 1 N–H and O–H groups in total. The molecule has 4 heteroatoms. The normalized spacial score (nSPS) is 29.2. The van der Waals surface area contributed by atoms with E-state index in [4.69, 9.17) is 4.74 Å². The first-order valence-electron chi connectivity index (χ1n) is 6.54. The first-order chi connectivity index (χ1) is 8.03. The third-order valence-electron chi connectivity index (χ3n) is 3.91. The second kappa shape index (κ2) is 4.94. The highest BCUT2D eigenvalue weighted by Gasteiger charge is 2.37. The Labute approximate surface area is 104 Å². The number of ether oxygens (including phenoxy) is 1. The summed E-state index contributed by atoms with van der Waals surface area (Å²) in [6.07, 6.45) is 2.46. The maximum atomic E-state index is 12.5. The van der Waals surface area contributed by atoms with Gasteiger partial charge in [-0.2, -0.15) is 0 Å². The van der Waals surface area contributed by atoms with Gasteiger partial charge in [-0.3, -0.25) is 4.79 Å². The molecule has 0 aromatic carbocycles. The van der Waals surface area contributed by atoms with Crippen LogP contribution in [0, 0.1) is 11.3 Å². The summed E-state index contributed by atoms with van der Waals surface area (Å²) >= 11 is 0. The van der Waals surface area contributed by atoms with E-state index in [2.05, 4.69) is 5.32 Å². The summed E-state index contributed by atoms with van der Waals surface area (Å²) in [7, 11) is 1.66. The van der Waals surface area contributed by atoms with Crippen LogP contribution >= 0.6 is 0 Å². The molecular weight excluding hydrogens is 216 g/mol. The lowest BCUT2D eigenvalue weighted by Gasteiger charge is -2.31. The van der Waals surface area contributed by atoms with Crippen molar-refractivity contribution in [1.29, 1.82) is 0 Å². The van der Waals surface area contributed by atoms with Gasteiger partial charge in [-0.1, -0.05) is 0 Å². The Morgan fingerprint density at radius 3 is 2.76 bits per heavy atom. The van der Waals surface area contributed by atoms with Crippen LogP contribution in [-0.2, 0) is 9.53 Å². The molecule has 98 valence electrons. The summed E-state index contributed by atoms with van der Waals surface area (Å²) in [5, 5.41) is 3.52. The Bertz CT molecular complexity index is 269. The number of hydrogen-bond donors (Lipinski definition) is 1. The lowest BCUT2D eigenvalue weighted by atomic mass is 9.92. The highest BCUT2D eigenvalue weighted by molar-refractivity contribution is 5.82. The molecule has 3 rings (SSSR count). The summed E-state index contributed by atoms with van der Waals surface area (Å²) in [5.74, 6) is 0.871. The van der Waals surface area contributed by atoms with Crippen LogP contribution in [0.15, 0.2) is 0 Å². The number of amides is 1. The van der Waals surface area contributed by atoms with Gasteiger partial charge in [0, 0.05) is 26.2 Å². The van der Waals surface area contributed by atoms with Crippen molar-refractivity contribution < 1.29 is 9.53 Å². The first-order valence-corrected chi connectivity index (χ1v) is 6.54. The van der Waals surface area contributed by atoms with Crippen molar-refractivity contribution in [3.63, 3.8) is 0 Å². The molecule has 1 amide bonds. The SMILES string of the molecule is COCC(C)(C)C(=O)N1C[C@H]2CC[C@@H](C1)NC2. The number of fused-ring (bicyclic) bond motifs is 4. The molecule has 3 saturated heterocycles. The topological polar surface area (TPSA) is 41.6 Å². The third kappa shape index (κ3) is 2.80. The van der Waals surface area contributed by atoms with Crippen molar-refractivity contribution in [2.24, 2.45) is 11.3 Å². The number of nitrogens with zero attached hydrogens (tertiary/aromatic N) is 1. The minimum atomic E-state index is -0.404. The molecule has 0 saturated carbocycles. The van der Waals surface area contributed by atoms with Crippen LogP contribution in [0.5, 0.6) is 0 Å². The summed E-state index contributed by atoms with van der Waals surface area (Å²) in [5.41, 5.74) is -0.404. The van der Waals surface area contributed by atoms with Gasteiger partial charge in [-0.15, -0.1) is 0 Å². The van der Waals surface area contributed by atoms with E-state index < -0.39 is 5.41 Å². The van der Waals surface area contributed by atoms with Crippen LogP contribution in [-0.4, -0.2) is 50.2 Å². The average Bonchev–Trinajstić information content (AvgIpc) is 2.60. The molecule has 0 spiro atoms. The molecule has 17 heavy (non-hydrogen) atoms. The van der Waals surface area contributed by atoms with E-state index in [1.54, 1.807) is 7.11 Å². The van der Waals surface area contributed by atoms with Gasteiger partial charge in [0.2, 0.25) is 5.91 Å². The number of carbonyl (C=O) groups excluding carboxylic acids is 1. The Kier molecular flexibility index (Phi) is 3.73. The summed E-state index contributed by atoms with van der Waals surface area (Å²) < 4.78 is 5.16. The van der Waals surface area contributed by atoms with Gasteiger partial charge in [0.15, 0.2) is 0 Å². The number of rotatable bonds is 3. The Morgan fingerprint density at radius 2 is 2.18 bits per heavy atom. The summed E-state index contributed by atoms with van der Waals surface area (Å²) in [4.78, 5) is 14.5. The zero-order chi connectivity index (χ0) is 12.5. The van der Waals surface area contributed by atoms with Gasteiger partial charge in [0.25, 0.3) is 0 Å². The van der Waals surface area contributed by atoms with Crippen molar-refractivity contribution in [3.05, 3.63) is 0 Å². The quantitative estimate of drug-likeness (QED) is 0.796. The minimum absolute atomic E-state index is 0.236. The fourth-order valence-corrected chi connectivity index (χ4v) is 2.95. The van der Waals surface area contributed by atoms with Crippen LogP contribution < -0.4 is 5.32 Å². The van der Waals surface area contributed by atoms with Gasteiger partial charge in [0.05, 0.1) is 12.0 Å². The van der Waals surface area contributed by atoms with E-state index in [1.165, 1.54) is 12.8 Å². The molecule has 0 unspecified atom stereocenters. The summed E-state index contributed by atoms with van der Waals surface area (Å²) in [6, 6.07) is 0.496. The number of piperidine rings is 1. The lowest BCUT2D eigenvalue weighted by Crippen LogP contribution is -2.46. The Hall–Kier alpha value is -0.610. The molecule has 0 aromatic rings. The fourth-order valence-electron chi connectivity index (χ4n) is 2.95. The molecule has 2 bridgehead atoms. The molecular formula is C13H24N2O2.